The first-order chi connectivity index (χ1) is 24.5. The Hall–Kier alpha value is -4.27. The fourth-order valence-corrected chi connectivity index (χ4v) is 9.22. The number of carbonyl (C=O) groups excluding carboxylic acids is 4. The van der Waals surface area contributed by atoms with Crippen LogP contribution in [-0.2, 0) is 35.6 Å². The van der Waals surface area contributed by atoms with Crippen molar-refractivity contribution >= 4 is 44.9 Å². The fourth-order valence-electron chi connectivity index (χ4n) is 7.85. The van der Waals surface area contributed by atoms with Gasteiger partial charge in [-0.3, -0.25) is 19.1 Å². The van der Waals surface area contributed by atoms with Crippen LogP contribution in [0.15, 0.2) is 36.9 Å². The van der Waals surface area contributed by atoms with Crippen LogP contribution in [0.25, 0.3) is 11.0 Å². The molecular formula is C36H46N6O8S. The van der Waals surface area contributed by atoms with Crippen LogP contribution in [0.4, 0.5) is 4.79 Å². The molecule has 15 heteroatoms. The minimum absolute atomic E-state index is 0.00320. The highest BCUT2D eigenvalue weighted by Gasteiger charge is 2.62. The van der Waals surface area contributed by atoms with Crippen molar-refractivity contribution in [2.24, 2.45) is 11.8 Å². The standard InChI is InChI=1S/C36H46N6O8S/c1-3-23-19-36(23,34(45)41-51(47,48)25-16-17-25)40-31(43)29-18-24-20-42(29)33(44)21(2)37-35(46)50-30-15-9-11-22(30)10-5-4-6-14-28-32(49-24)39-27-13-8-7-12-26(27)38-28/h3,7-8,12-13,21-25,29-30H,1,4-6,9-11,14-20H2,2H3,(H,37,46)(H,40,43)(H,41,45)/t21-,22+,23+,24+,29-,30+,36?/m0/s1. The maximum absolute atomic E-state index is 14.1. The van der Waals surface area contributed by atoms with Gasteiger partial charge in [-0.1, -0.05) is 31.1 Å². The first-order valence-corrected chi connectivity index (χ1v) is 19.7. The average molecular weight is 723 g/mol. The van der Waals surface area contributed by atoms with Crippen LogP contribution in [0.2, 0.25) is 0 Å². The van der Waals surface area contributed by atoms with Crippen LogP contribution in [0.3, 0.4) is 0 Å². The fraction of sp³-hybridized carbons (Fsp3) is 0.611. The number of alkyl carbamates (subject to hydrolysis) is 1. The van der Waals surface area contributed by atoms with Gasteiger partial charge in [0.05, 0.1) is 22.8 Å². The lowest BCUT2D eigenvalue weighted by Crippen LogP contribution is -2.58. The third kappa shape index (κ3) is 7.40. The van der Waals surface area contributed by atoms with Crippen LogP contribution < -0.4 is 20.1 Å². The molecule has 3 saturated carbocycles. The Kier molecular flexibility index (Phi) is 9.67. The third-order valence-corrected chi connectivity index (χ3v) is 12.8. The molecule has 3 aliphatic carbocycles. The maximum atomic E-state index is 14.1. The van der Waals surface area contributed by atoms with Gasteiger partial charge in [0.2, 0.25) is 27.7 Å². The minimum Gasteiger partial charge on any atom is -0.471 e. The second kappa shape index (κ2) is 14.0. The SMILES string of the molecule is C=C[C@@H]1CC1(NC(=O)[C@@H]1C[C@@H]2CN1C(=O)[C@H](C)NC(=O)O[C@@H]1CCC[C@H]1CCCCCc1nc3ccccc3nc1O2)C(=O)NS(=O)(=O)C1CC1. The Morgan fingerprint density at radius 3 is 2.49 bits per heavy atom. The number of benzene rings is 1. The number of hydrogen-bond acceptors (Lipinski definition) is 10. The molecule has 2 bridgehead atoms. The molecule has 1 unspecified atom stereocenters. The van der Waals surface area contributed by atoms with Crippen molar-refractivity contribution in [2.45, 2.75) is 119 Å². The molecule has 2 aromatic rings. The molecule has 1 aromatic carbocycles. The van der Waals surface area contributed by atoms with Gasteiger partial charge in [-0.15, -0.1) is 6.58 Å². The van der Waals surface area contributed by atoms with Crippen molar-refractivity contribution in [3.8, 4) is 5.88 Å². The van der Waals surface area contributed by atoms with Gasteiger partial charge in [-0.2, -0.15) is 0 Å². The summed E-state index contributed by atoms with van der Waals surface area (Å²) in [6.07, 6.45) is 8.15. The minimum atomic E-state index is -3.88. The summed E-state index contributed by atoms with van der Waals surface area (Å²) in [6, 6.07) is 5.38. The second-order valence-corrected chi connectivity index (χ2v) is 16.7. The van der Waals surface area contributed by atoms with Crippen LogP contribution in [0.1, 0.15) is 83.2 Å². The quantitative estimate of drug-likeness (QED) is 0.375. The summed E-state index contributed by atoms with van der Waals surface area (Å²) in [4.78, 5) is 65.6. The van der Waals surface area contributed by atoms with Gasteiger partial charge in [0.25, 0.3) is 5.91 Å². The third-order valence-electron chi connectivity index (χ3n) is 11.0. The molecule has 51 heavy (non-hydrogen) atoms. The molecule has 14 nitrogen and oxygen atoms in total. The molecule has 7 atom stereocenters. The van der Waals surface area contributed by atoms with Gasteiger partial charge in [0, 0.05) is 12.3 Å². The number of hydrogen-bond donors (Lipinski definition) is 3. The number of ether oxygens (including phenoxy) is 2. The van der Waals surface area contributed by atoms with Gasteiger partial charge >= 0.3 is 6.09 Å². The molecule has 274 valence electrons. The van der Waals surface area contributed by atoms with Crippen molar-refractivity contribution in [3.63, 3.8) is 0 Å². The van der Waals surface area contributed by atoms with Crippen LogP contribution in [0.5, 0.6) is 5.88 Å². The summed E-state index contributed by atoms with van der Waals surface area (Å²) in [6.45, 7) is 5.30. The van der Waals surface area contributed by atoms with Gasteiger partial charge in [0.15, 0.2) is 0 Å². The Bertz CT molecular complexity index is 1830. The molecule has 1 saturated heterocycles. The first kappa shape index (κ1) is 35.1. The lowest BCUT2D eigenvalue weighted by atomic mass is 9.97. The van der Waals surface area contributed by atoms with E-state index in [1.54, 1.807) is 0 Å². The summed E-state index contributed by atoms with van der Waals surface area (Å²) < 4.78 is 39.8. The van der Waals surface area contributed by atoms with Crippen LogP contribution >= 0.6 is 0 Å². The van der Waals surface area contributed by atoms with E-state index in [1.165, 1.54) is 17.9 Å². The zero-order valence-corrected chi connectivity index (χ0v) is 29.7. The highest BCUT2D eigenvalue weighted by molar-refractivity contribution is 7.91. The van der Waals surface area contributed by atoms with Gasteiger partial charge < -0.3 is 25.0 Å². The molecule has 7 rings (SSSR count). The zero-order valence-electron chi connectivity index (χ0n) is 28.8. The molecule has 2 aliphatic heterocycles. The highest BCUT2D eigenvalue weighted by Crippen LogP contribution is 2.45. The van der Waals surface area contributed by atoms with Crippen molar-refractivity contribution in [1.82, 2.24) is 30.2 Å². The summed E-state index contributed by atoms with van der Waals surface area (Å²) in [5.41, 5.74) is 0.568. The number of amides is 4. The summed E-state index contributed by atoms with van der Waals surface area (Å²) >= 11 is 0. The molecule has 1 aromatic heterocycles. The number of para-hydroxylation sites is 2. The predicted molar refractivity (Wildman–Crippen MR) is 186 cm³/mol. The van der Waals surface area contributed by atoms with E-state index in [4.69, 9.17) is 19.4 Å². The number of aryl methyl sites for hydroxylation is 1. The molecule has 5 aliphatic rings. The molecule has 4 fully saturated rings. The molecule has 3 heterocycles. The van der Waals surface area contributed by atoms with Gasteiger partial charge in [-0.25, -0.2) is 23.2 Å². The Balaban J connectivity index is 1.17. The lowest BCUT2D eigenvalue weighted by Gasteiger charge is -2.29. The van der Waals surface area contributed by atoms with E-state index in [2.05, 4.69) is 21.9 Å². The number of aromatic nitrogens is 2. The lowest BCUT2D eigenvalue weighted by molar-refractivity contribution is -0.140. The van der Waals surface area contributed by atoms with E-state index < -0.39 is 68.7 Å². The first-order valence-electron chi connectivity index (χ1n) is 18.2. The van der Waals surface area contributed by atoms with E-state index in [1.807, 2.05) is 24.3 Å². The number of nitrogens with one attached hydrogen (secondary N) is 3. The van der Waals surface area contributed by atoms with E-state index in [0.717, 1.165) is 50.5 Å². The number of nitrogens with zero attached hydrogens (tertiary/aromatic N) is 3. The normalized spacial score (nSPS) is 31.5. The highest BCUT2D eigenvalue weighted by atomic mass is 32.2. The van der Waals surface area contributed by atoms with E-state index in [0.29, 0.717) is 36.4 Å². The monoisotopic (exact) mass is 722 g/mol. The molecule has 0 spiro atoms. The molecule has 4 amide bonds. The Morgan fingerprint density at radius 1 is 1.02 bits per heavy atom. The van der Waals surface area contributed by atoms with Gasteiger partial charge in [0.1, 0.15) is 35.5 Å². The number of sulfonamides is 1. The number of carbonyl (C=O) groups is 4. The van der Waals surface area contributed by atoms with Gasteiger partial charge in [-0.05, 0) is 82.8 Å². The maximum Gasteiger partial charge on any atom is 0.408 e. The summed E-state index contributed by atoms with van der Waals surface area (Å²) in [5, 5.41) is 4.83. The van der Waals surface area contributed by atoms with Crippen LogP contribution in [0, 0.1) is 11.8 Å². The topological polar surface area (TPSA) is 186 Å². The molecule has 3 N–H and O–H groups in total. The number of fused-ring (bicyclic) bond motifs is 5. The average Bonchev–Trinajstić information content (AvgIpc) is 3.99. The molecular weight excluding hydrogens is 676 g/mol. The van der Waals surface area contributed by atoms with E-state index in [-0.39, 0.29) is 31.4 Å². The molecule has 0 radical (unpaired) electrons. The van der Waals surface area contributed by atoms with E-state index in [9.17, 15) is 27.6 Å². The smallest absolute Gasteiger partial charge is 0.408 e. The number of rotatable bonds is 6. The predicted octanol–water partition coefficient (Wildman–Crippen LogP) is 3.05. The van der Waals surface area contributed by atoms with Crippen LogP contribution in [-0.4, -0.2) is 88.7 Å². The van der Waals surface area contributed by atoms with Crippen molar-refractivity contribution < 1.29 is 37.1 Å². The largest absolute Gasteiger partial charge is 0.471 e. The van der Waals surface area contributed by atoms with Crippen molar-refractivity contribution in [2.75, 3.05) is 6.54 Å². The Morgan fingerprint density at radius 2 is 1.76 bits per heavy atom. The summed E-state index contributed by atoms with van der Waals surface area (Å²) in [7, 11) is -3.88. The Labute approximate surface area is 297 Å². The van der Waals surface area contributed by atoms with Crippen molar-refractivity contribution in [1.29, 1.82) is 0 Å². The van der Waals surface area contributed by atoms with E-state index >= 15 is 0 Å². The summed E-state index contributed by atoms with van der Waals surface area (Å²) in [5.74, 6) is -1.91. The second-order valence-electron chi connectivity index (χ2n) is 14.7. The zero-order chi connectivity index (χ0) is 35.9. The van der Waals surface area contributed by atoms with Crippen molar-refractivity contribution in [3.05, 3.63) is 42.6 Å².